The lowest BCUT2D eigenvalue weighted by molar-refractivity contribution is -0.193. The van der Waals surface area contributed by atoms with Gasteiger partial charge in [-0.05, 0) is 24.3 Å². The highest BCUT2D eigenvalue weighted by Gasteiger charge is 2.43. The lowest BCUT2D eigenvalue weighted by atomic mass is 10.1. The lowest BCUT2D eigenvalue weighted by Gasteiger charge is -2.33. The molecule has 1 aliphatic heterocycles. The molecule has 1 saturated heterocycles. The van der Waals surface area contributed by atoms with E-state index in [0.29, 0.717) is 5.69 Å². The Morgan fingerprint density at radius 1 is 1.10 bits per heavy atom. The number of nitrogens with zero attached hydrogens (tertiary/aromatic N) is 3. The van der Waals surface area contributed by atoms with Crippen LogP contribution in [0.25, 0.3) is 0 Å². The molecule has 156 valence electrons. The van der Waals surface area contributed by atoms with E-state index in [-0.39, 0.29) is 31.7 Å². The third-order valence-corrected chi connectivity index (χ3v) is 4.05. The number of benzene rings is 1. The molecule has 0 aliphatic carbocycles. The number of carbonyl (C=O) groups excluding carboxylic acids is 2. The molecular weight excluding hydrogens is 407 g/mol. The third-order valence-electron chi connectivity index (χ3n) is 4.05. The van der Waals surface area contributed by atoms with Crippen molar-refractivity contribution in [2.24, 2.45) is 0 Å². The summed E-state index contributed by atoms with van der Waals surface area (Å²) in [6, 6.07) is 6.08. The first-order valence-electron chi connectivity index (χ1n) is 8.20. The number of piperidine rings is 1. The number of hydrogen-bond donors (Lipinski definition) is 1. The van der Waals surface area contributed by atoms with Crippen LogP contribution in [0.3, 0.4) is 0 Å². The topological polar surface area (TPSA) is 97.4 Å². The van der Waals surface area contributed by atoms with Crippen molar-refractivity contribution >= 4 is 17.6 Å². The van der Waals surface area contributed by atoms with Crippen LogP contribution in [0.15, 0.2) is 24.3 Å². The summed E-state index contributed by atoms with van der Waals surface area (Å²) in [6.45, 7) is 0.361. The lowest BCUT2D eigenvalue weighted by Crippen LogP contribution is -2.39. The van der Waals surface area contributed by atoms with Crippen LogP contribution in [-0.2, 0) is 9.53 Å². The summed E-state index contributed by atoms with van der Waals surface area (Å²) in [5, 5.41) is 8.65. The minimum absolute atomic E-state index is 0.140. The molecule has 1 aromatic heterocycles. The monoisotopic (exact) mass is 420 g/mol. The molecular formula is C16H13F5N4O4. The van der Waals surface area contributed by atoms with Crippen molar-refractivity contribution in [1.82, 2.24) is 15.4 Å². The molecule has 0 saturated carbocycles. The summed E-state index contributed by atoms with van der Waals surface area (Å²) in [7, 11) is 0. The van der Waals surface area contributed by atoms with Gasteiger partial charge >= 0.3 is 18.1 Å². The number of anilines is 1. The highest BCUT2D eigenvalue weighted by atomic mass is 19.4. The minimum Gasteiger partial charge on any atom is -0.436 e. The maximum absolute atomic E-state index is 13.2. The van der Waals surface area contributed by atoms with E-state index in [0.717, 1.165) is 0 Å². The Morgan fingerprint density at radius 3 is 2.31 bits per heavy atom. The van der Waals surface area contributed by atoms with E-state index >= 15 is 0 Å². The number of H-pyrrole nitrogens is 1. The predicted octanol–water partition coefficient (Wildman–Crippen LogP) is 3.08. The number of carbonyl (C=O) groups is 2. The van der Waals surface area contributed by atoms with Crippen LogP contribution in [-0.4, -0.2) is 52.5 Å². The Balaban J connectivity index is 1.65. The van der Waals surface area contributed by atoms with E-state index in [1.165, 1.54) is 12.1 Å². The van der Waals surface area contributed by atoms with E-state index in [4.69, 9.17) is 4.74 Å². The molecule has 8 nitrogen and oxygen atoms in total. The van der Waals surface area contributed by atoms with Crippen LogP contribution in [0.5, 0.6) is 11.6 Å². The summed E-state index contributed by atoms with van der Waals surface area (Å²) in [4.78, 5) is 24.2. The molecule has 0 spiro atoms. The van der Waals surface area contributed by atoms with Crippen molar-refractivity contribution in [3.63, 3.8) is 0 Å². The van der Waals surface area contributed by atoms with Crippen LogP contribution in [0.2, 0.25) is 0 Å². The van der Waals surface area contributed by atoms with Crippen molar-refractivity contribution in [3.8, 4) is 11.6 Å². The zero-order valence-corrected chi connectivity index (χ0v) is 14.5. The predicted molar refractivity (Wildman–Crippen MR) is 85.8 cm³/mol. The molecule has 29 heavy (non-hydrogen) atoms. The quantitative estimate of drug-likeness (QED) is 0.461. The van der Waals surface area contributed by atoms with Gasteiger partial charge in [0.15, 0.2) is 0 Å². The highest BCUT2D eigenvalue weighted by Crippen LogP contribution is 2.32. The molecule has 13 heteroatoms. The summed E-state index contributed by atoms with van der Waals surface area (Å²) in [5.41, 5.74) is -0.0200. The first kappa shape index (κ1) is 20.5. The van der Waals surface area contributed by atoms with Gasteiger partial charge < -0.3 is 14.4 Å². The molecule has 1 fully saturated rings. The molecule has 2 heterocycles. The number of halogens is 5. The van der Waals surface area contributed by atoms with Gasteiger partial charge in [-0.15, -0.1) is 0 Å². The number of nitrogens with one attached hydrogen (secondary N) is 1. The molecule has 0 bridgehead atoms. The van der Waals surface area contributed by atoms with Gasteiger partial charge in [-0.25, -0.2) is 23.5 Å². The van der Waals surface area contributed by atoms with Gasteiger partial charge in [-0.2, -0.15) is 13.2 Å². The van der Waals surface area contributed by atoms with Crippen LogP contribution < -0.4 is 9.64 Å². The normalized spacial score (nSPS) is 16.4. The van der Waals surface area contributed by atoms with E-state index in [1.807, 2.05) is 5.10 Å². The van der Waals surface area contributed by atoms with Crippen LogP contribution in [0, 0.1) is 0 Å². The van der Waals surface area contributed by atoms with Crippen molar-refractivity contribution in [3.05, 3.63) is 30.0 Å². The summed E-state index contributed by atoms with van der Waals surface area (Å²) >= 11 is 0. The molecule has 1 aliphatic rings. The molecule has 3 rings (SSSR count). The van der Waals surface area contributed by atoms with Gasteiger partial charge in [0.2, 0.25) is 5.69 Å². The average molecular weight is 420 g/mol. The van der Waals surface area contributed by atoms with E-state index in [2.05, 4.69) is 15.0 Å². The smallest absolute Gasteiger partial charge is 0.436 e. The molecule has 2 aromatic rings. The SMILES string of the molecule is O=C(OC(=O)C(F)(F)F)c1[nH]nnc1Oc1ccc(N2CCC(F)(F)CC2)cc1. The molecule has 1 aromatic carbocycles. The van der Waals surface area contributed by atoms with Gasteiger partial charge in [0, 0.05) is 31.6 Å². The van der Waals surface area contributed by atoms with Gasteiger partial charge in [-0.1, -0.05) is 10.3 Å². The highest BCUT2D eigenvalue weighted by molar-refractivity contribution is 5.98. The van der Waals surface area contributed by atoms with E-state index < -0.39 is 35.6 Å². The zero-order chi connectivity index (χ0) is 21.2. The Hall–Kier alpha value is -3.25. The van der Waals surface area contributed by atoms with Crippen molar-refractivity contribution in [1.29, 1.82) is 0 Å². The minimum atomic E-state index is -5.35. The molecule has 1 N–H and O–H groups in total. The van der Waals surface area contributed by atoms with Crippen LogP contribution in [0.1, 0.15) is 23.3 Å². The van der Waals surface area contributed by atoms with Crippen LogP contribution >= 0.6 is 0 Å². The van der Waals surface area contributed by atoms with Crippen molar-refractivity contribution < 1.29 is 41.0 Å². The number of rotatable bonds is 4. The third kappa shape index (κ3) is 4.97. The van der Waals surface area contributed by atoms with E-state index in [9.17, 15) is 31.5 Å². The molecule has 0 unspecified atom stereocenters. The van der Waals surface area contributed by atoms with Gasteiger partial charge in [0.05, 0.1) is 0 Å². The van der Waals surface area contributed by atoms with E-state index in [1.54, 1.807) is 17.0 Å². The Bertz CT molecular complexity index is 887. The number of hydrogen-bond acceptors (Lipinski definition) is 7. The number of ether oxygens (including phenoxy) is 2. The summed E-state index contributed by atoms with van der Waals surface area (Å²) < 4.78 is 72.0. The second-order valence-corrected chi connectivity index (χ2v) is 6.11. The van der Waals surface area contributed by atoms with Gasteiger partial charge in [0.1, 0.15) is 5.75 Å². The Labute approximate surface area is 159 Å². The first-order chi connectivity index (χ1) is 13.5. The second kappa shape index (κ2) is 7.64. The number of aromatic amines is 1. The molecule has 0 atom stereocenters. The second-order valence-electron chi connectivity index (χ2n) is 6.11. The Kier molecular flexibility index (Phi) is 5.40. The maximum atomic E-state index is 13.2. The number of aromatic nitrogens is 3. The zero-order valence-electron chi connectivity index (χ0n) is 14.5. The van der Waals surface area contributed by atoms with Crippen molar-refractivity contribution in [2.45, 2.75) is 24.9 Å². The molecule has 0 radical (unpaired) electrons. The molecule has 0 amide bonds. The number of esters is 2. The van der Waals surface area contributed by atoms with Gasteiger partial charge in [-0.3, -0.25) is 0 Å². The largest absolute Gasteiger partial charge is 0.491 e. The first-order valence-corrected chi connectivity index (χ1v) is 8.20. The fourth-order valence-electron chi connectivity index (χ4n) is 2.54. The Morgan fingerprint density at radius 2 is 1.72 bits per heavy atom. The maximum Gasteiger partial charge on any atom is 0.491 e. The van der Waals surface area contributed by atoms with Crippen molar-refractivity contribution in [2.75, 3.05) is 18.0 Å². The van der Waals surface area contributed by atoms with Crippen LogP contribution in [0.4, 0.5) is 27.6 Å². The van der Waals surface area contributed by atoms with Gasteiger partial charge in [0.25, 0.3) is 11.8 Å². The average Bonchev–Trinajstić information content (AvgIpc) is 3.10. The summed E-state index contributed by atoms with van der Waals surface area (Å²) in [6.07, 6.45) is -5.86. The summed E-state index contributed by atoms with van der Waals surface area (Å²) in [5.74, 6) is -7.40. The number of alkyl halides is 5. The fraction of sp³-hybridized carbons (Fsp3) is 0.375. The standard InChI is InChI=1S/C16H13F5N4O4/c17-15(18)5-7-25(8-6-15)9-1-3-10(4-2-9)28-12-11(22-24-23-12)13(26)29-14(27)16(19,20)21/h1-4H,5-8H2,(H,22,23,24). The fourth-order valence-corrected chi connectivity index (χ4v) is 2.54.